The third kappa shape index (κ3) is 4.13. The molecule has 0 saturated carbocycles. The number of rotatable bonds is 7. The van der Waals surface area contributed by atoms with Crippen molar-refractivity contribution in [2.45, 2.75) is 33.9 Å². The van der Waals surface area contributed by atoms with E-state index in [1.807, 2.05) is 20.2 Å². The first-order valence-corrected chi connectivity index (χ1v) is 6.95. The van der Waals surface area contributed by atoms with E-state index in [4.69, 9.17) is 9.15 Å². The summed E-state index contributed by atoms with van der Waals surface area (Å²) >= 11 is 0. The summed E-state index contributed by atoms with van der Waals surface area (Å²) in [5.74, 6) is 3.27. The van der Waals surface area contributed by atoms with E-state index in [9.17, 15) is 0 Å². The molecule has 0 amide bonds. The molecule has 0 radical (unpaired) electrons. The molecule has 0 saturated heterocycles. The standard InChI is InChI=1S/C15H23N3O2/c1-11(2)6-16-7-14-5-13(12(3)20-14)10-19-15-8-17-18(4)9-15/h5,8-9,11,16H,6-7,10H2,1-4H3. The van der Waals surface area contributed by atoms with Crippen LogP contribution in [0.1, 0.15) is 30.9 Å². The summed E-state index contributed by atoms with van der Waals surface area (Å²) in [6.45, 7) is 8.59. The number of aryl methyl sites for hydroxylation is 2. The van der Waals surface area contributed by atoms with Crippen molar-refractivity contribution in [3.8, 4) is 5.75 Å². The largest absolute Gasteiger partial charge is 0.485 e. The number of hydrogen-bond donors (Lipinski definition) is 1. The van der Waals surface area contributed by atoms with Crippen LogP contribution in [-0.4, -0.2) is 16.3 Å². The van der Waals surface area contributed by atoms with Crippen molar-refractivity contribution >= 4 is 0 Å². The molecule has 2 aromatic heterocycles. The lowest BCUT2D eigenvalue weighted by molar-refractivity contribution is 0.302. The number of nitrogens with one attached hydrogen (secondary N) is 1. The Morgan fingerprint density at radius 2 is 2.25 bits per heavy atom. The van der Waals surface area contributed by atoms with Crippen molar-refractivity contribution in [1.82, 2.24) is 15.1 Å². The second kappa shape index (κ2) is 6.61. The lowest BCUT2D eigenvalue weighted by Gasteiger charge is -2.04. The first-order chi connectivity index (χ1) is 9.54. The minimum Gasteiger partial charge on any atom is -0.485 e. The maximum absolute atomic E-state index is 5.73. The van der Waals surface area contributed by atoms with Gasteiger partial charge < -0.3 is 14.5 Å². The van der Waals surface area contributed by atoms with Gasteiger partial charge in [0.15, 0.2) is 5.75 Å². The van der Waals surface area contributed by atoms with Crippen LogP contribution in [-0.2, 0) is 20.2 Å². The second-order valence-corrected chi connectivity index (χ2v) is 5.46. The molecule has 0 bridgehead atoms. The fourth-order valence-corrected chi connectivity index (χ4v) is 1.94. The Labute approximate surface area is 119 Å². The zero-order chi connectivity index (χ0) is 14.5. The van der Waals surface area contributed by atoms with Crippen LogP contribution in [0.3, 0.4) is 0 Å². The quantitative estimate of drug-likeness (QED) is 0.845. The maximum Gasteiger partial charge on any atom is 0.157 e. The molecule has 2 aromatic rings. The van der Waals surface area contributed by atoms with Gasteiger partial charge in [-0.05, 0) is 25.5 Å². The van der Waals surface area contributed by atoms with Crippen LogP contribution in [0.4, 0.5) is 0 Å². The van der Waals surface area contributed by atoms with E-state index < -0.39 is 0 Å². The fraction of sp³-hybridized carbons (Fsp3) is 0.533. The Hall–Kier alpha value is -1.75. The third-order valence-corrected chi connectivity index (χ3v) is 3.00. The molecule has 1 N–H and O–H groups in total. The first kappa shape index (κ1) is 14.7. The van der Waals surface area contributed by atoms with E-state index in [1.165, 1.54) is 0 Å². The Kier molecular flexibility index (Phi) is 4.84. The molecule has 5 nitrogen and oxygen atoms in total. The summed E-state index contributed by atoms with van der Waals surface area (Å²) in [6.07, 6.45) is 3.56. The predicted octanol–water partition coefficient (Wildman–Crippen LogP) is 2.65. The molecule has 110 valence electrons. The van der Waals surface area contributed by atoms with E-state index in [2.05, 4.69) is 30.3 Å². The molecule has 20 heavy (non-hydrogen) atoms. The molecule has 0 aromatic carbocycles. The summed E-state index contributed by atoms with van der Waals surface area (Å²) in [7, 11) is 1.87. The topological polar surface area (TPSA) is 52.2 Å². The molecule has 0 aliphatic carbocycles. The highest BCUT2D eigenvalue weighted by molar-refractivity contribution is 5.21. The van der Waals surface area contributed by atoms with Crippen LogP contribution in [0, 0.1) is 12.8 Å². The lowest BCUT2D eigenvalue weighted by atomic mass is 10.2. The average molecular weight is 277 g/mol. The maximum atomic E-state index is 5.73. The normalized spacial score (nSPS) is 11.2. The highest BCUT2D eigenvalue weighted by Crippen LogP contribution is 2.17. The molecule has 2 heterocycles. The smallest absolute Gasteiger partial charge is 0.157 e. The van der Waals surface area contributed by atoms with Gasteiger partial charge in [-0.15, -0.1) is 0 Å². The van der Waals surface area contributed by atoms with Crippen LogP contribution in [0.2, 0.25) is 0 Å². The lowest BCUT2D eigenvalue weighted by Crippen LogP contribution is -2.18. The van der Waals surface area contributed by atoms with E-state index >= 15 is 0 Å². The molecule has 0 fully saturated rings. The molecule has 0 aliphatic heterocycles. The van der Waals surface area contributed by atoms with Gasteiger partial charge in [-0.1, -0.05) is 13.8 Å². The van der Waals surface area contributed by atoms with Crippen molar-refractivity contribution < 1.29 is 9.15 Å². The van der Waals surface area contributed by atoms with E-state index in [0.717, 1.165) is 35.9 Å². The summed E-state index contributed by atoms with van der Waals surface area (Å²) < 4.78 is 13.1. The van der Waals surface area contributed by atoms with Crippen LogP contribution in [0.5, 0.6) is 5.75 Å². The SMILES string of the molecule is Cc1oc(CNCC(C)C)cc1COc1cnn(C)c1. The van der Waals surface area contributed by atoms with Crippen LogP contribution < -0.4 is 10.1 Å². The summed E-state index contributed by atoms with van der Waals surface area (Å²) in [5, 5.41) is 7.44. The summed E-state index contributed by atoms with van der Waals surface area (Å²) in [4.78, 5) is 0. The van der Waals surface area contributed by atoms with Gasteiger partial charge in [-0.25, -0.2) is 0 Å². The van der Waals surface area contributed by atoms with Crippen molar-refractivity contribution in [3.05, 3.63) is 35.5 Å². The number of nitrogens with zero attached hydrogens (tertiary/aromatic N) is 2. The van der Waals surface area contributed by atoms with Crippen molar-refractivity contribution in [2.75, 3.05) is 6.54 Å². The van der Waals surface area contributed by atoms with Gasteiger partial charge in [-0.2, -0.15) is 5.10 Å². The number of hydrogen-bond acceptors (Lipinski definition) is 4. The van der Waals surface area contributed by atoms with Gasteiger partial charge >= 0.3 is 0 Å². The predicted molar refractivity (Wildman–Crippen MR) is 77.5 cm³/mol. The highest BCUT2D eigenvalue weighted by atomic mass is 16.5. The van der Waals surface area contributed by atoms with E-state index in [-0.39, 0.29) is 0 Å². The van der Waals surface area contributed by atoms with E-state index in [0.29, 0.717) is 12.5 Å². The van der Waals surface area contributed by atoms with Crippen LogP contribution >= 0.6 is 0 Å². The number of ether oxygens (including phenoxy) is 1. The molecule has 0 spiro atoms. The Morgan fingerprint density at radius 3 is 2.90 bits per heavy atom. The van der Waals surface area contributed by atoms with Crippen LogP contribution in [0.25, 0.3) is 0 Å². The molecular weight excluding hydrogens is 254 g/mol. The van der Waals surface area contributed by atoms with Crippen molar-refractivity contribution in [1.29, 1.82) is 0 Å². The van der Waals surface area contributed by atoms with Gasteiger partial charge in [0.2, 0.25) is 0 Å². The van der Waals surface area contributed by atoms with E-state index in [1.54, 1.807) is 10.9 Å². The molecule has 0 atom stereocenters. The average Bonchev–Trinajstić information content (AvgIpc) is 2.93. The van der Waals surface area contributed by atoms with Gasteiger partial charge in [0.25, 0.3) is 0 Å². The minimum atomic E-state index is 0.505. The number of furan rings is 1. The van der Waals surface area contributed by atoms with Gasteiger partial charge in [0.05, 0.1) is 18.9 Å². The second-order valence-electron chi connectivity index (χ2n) is 5.46. The zero-order valence-electron chi connectivity index (χ0n) is 12.6. The molecular formula is C15H23N3O2. The van der Waals surface area contributed by atoms with Gasteiger partial charge in [0.1, 0.15) is 18.1 Å². The molecule has 2 rings (SSSR count). The summed E-state index contributed by atoms with van der Waals surface area (Å²) in [6, 6.07) is 2.05. The molecule has 5 heteroatoms. The number of aromatic nitrogens is 2. The van der Waals surface area contributed by atoms with Crippen LogP contribution in [0.15, 0.2) is 22.9 Å². The van der Waals surface area contributed by atoms with Crippen molar-refractivity contribution in [3.63, 3.8) is 0 Å². The Morgan fingerprint density at radius 1 is 1.45 bits per heavy atom. The fourth-order valence-electron chi connectivity index (χ4n) is 1.94. The summed E-state index contributed by atoms with van der Waals surface area (Å²) in [5.41, 5.74) is 1.08. The van der Waals surface area contributed by atoms with Crippen molar-refractivity contribution in [2.24, 2.45) is 13.0 Å². The van der Waals surface area contributed by atoms with Gasteiger partial charge in [-0.3, -0.25) is 4.68 Å². The monoisotopic (exact) mass is 277 g/mol. The molecule has 0 unspecified atom stereocenters. The highest BCUT2D eigenvalue weighted by Gasteiger charge is 2.08. The molecule has 0 aliphatic rings. The Bertz CT molecular complexity index is 543. The minimum absolute atomic E-state index is 0.505. The first-order valence-electron chi connectivity index (χ1n) is 6.95. The third-order valence-electron chi connectivity index (χ3n) is 3.00. The van der Waals surface area contributed by atoms with Gasteiger partial charge in [0, 0.05) is 12.6 Å². The Balaban J connectivity index is 1.87. The zero-order valence-corrected chi connectivity index (χ0v) is 12.6.